The first-order valence-corrected chi connectivity index (χ1v) is 7.16. The molecule has 4 heteroatoms. The zero-order valence-electron chi connectivity index (χ0n) is 10.8. The average molecular weight is 314 g/mol. The van der Waals surface area contributed by atoms with Gasteiger partial charge in [-0.15, -0.1) is 0 Å². The summed E-state index contributed by atoms with van der Waals surface area (Å²) in [6.45, 7) is 6.53. The SMILES string of the molecule is CC1OCCN(CC(O)c2cccc(Br)c2)C1C. The standard InChI is InChI=1S/C14H20BrNO2/c1-10-11(2)18-7-6-16(10)9-14(17)12-4-3-5-13(15)8-12/h3-5,8,10-11,14,17H,6-7,9H2,1-2H3. The molecule has 3 nitrogen and oxygen atoms in total. The summed E-state index contributed by atoms with van der Waals surface area (Å²) in [4.78, 5) is 2.29. The Balaban J connectivity index is 2.00. The van der Waals surface area contributed by atoms with Crippen molar-refractivity contribution in [3.8, 4) is 0 Å². The number of β-amino-alcohol motifs (C(OH)–C–C–N with tert-alkyl or cyclic N) is 1. The predicted molar refractivity (Wildman–Crippen MR) is 75.6 cm³/mol. The summed E-state index contributed by atoms with van der Waals surface area (Å²) in [5, 5.41) is 10.3. The van der Waals surface area contributed by atoms with E-state index in [9.17, 15) is 5.11 Å². The minimum atomic E-state index is -0.449. The second-order valence-corrected chi connectivity index (χ2v) is 5.80. The third kappa shape index (κ3) is 3.32. The molecule has 0 amide bonds. The Hall–Kier alpha value is -0.420. The zero-order valence-corrected chi connectivity index (χ0v) is 12.4. The Labute approximate surface area is 117 Å². The lowest BCUT2D eigenvalue weighted by atomic mass is 10.1. The molecule has 0 aromatic heterocycles. The molecule has 1 fully saturated rings. The number of morpholine rings is 1. The van der Waals surface area contributed by atoms with Crippen LogP contribution in [0.3, 0.4) is 0 Å². The van der Waals surface area contributed by atoms with Gasteiger partial charge in [0.15, 0.2) is 0 Å². The van der Waals surface area contributed by atoms with Crippen LogP contribution in [0.25, 0.3) is 0 Å². The lowest BCUT2D eigenvalue weighted by Gasteiger charge is -2.38. The highest BCUT2D eigenvalue weighted by molar-refractivity contribution is 9.10. The van der Waals surface area contributed by atoms with Crippen molar-refractivity contribution in [1.29, 1.82) is 0 Å². The van der Waals surface area contributed by atoms with E-state index in [4.69, 9.17) is 4.74 Å². The highest BCUT2D eigenvalue weighted by Gasteiger charge is 2.27. The summed E-state index contributed by atoms with van der Waals surface area (Å²) < 4.78 is 6.60. The molecule has 2 rings (SSSR count). The van der Waals surface area contributed by atoms with Crippen LogP contribution in [0.5, 0.6) is 0 Å². The van der Waals surface area contributed by atoms with Gasteiger partial charge in [-0.1, -0.05) is 28.1 Å². The van der Waals surface area contributed by atoms with Gasteiger partial charge in [0.25, 0.3) is 0 Å². The Kier molecular flexibility index (Phi) is 4.78. The van der Waals surface area contributed by atoms with Gasteiger partial charge in [0.05, 0.1) is 18.8 Å². The topological polar surface area (TPSA) is 32.7 Å². The number of aliphatic hydroxyl groups excluding tert-OH is 1. The predicted octanol–water partition coefficient (Wildman–Crippen LogP) is 2.59. The number of halogens is 1. The summed E-state index contributed by atoms with van der Waals surface area (Å²) in [5.41, 5.74) is 0.954. The van der Waals surface area contributed by atoms with E-state index in [0.717, 1.165) is 23.2 Å². The smallest absolute Gasteiger partial charge is 0.0917 e. The summed E-state index contributed by atoms with van der Waals surface area (Å²) in [5.74, 6) is 0. The molecule has 0 bridgehead atoms. The number of aliphatic hydroxyl groups is 1. The van der Waals surface area contributed by atoms with Gasteiger partial charge in [-0.25, -0.2) is 0 Å². The summed E-state index contributed by atoms with van der Waals surface area (Å²) in [6, 6.07) is 8.20. The first-order valence-electron chi connectivity index (χ1n) is 6.37. The van der Waals surface area contributed by atoms with Crippen molar-refractivity contribution in [2.45, 2.75) is 32.1 Å². The van der Waals surface area contributed by atoms with Gasteiger partial charge in [-0.2, -0.15) is 0 Å². The number of nitrogens with zero attached hydrogens (tertiary/aromatic N) is 1. The van der Waals surface area contributed by atoms with Gasteiger partial charge >= 0.3 is 0 Å². The number of benzene rings is 1. The number of rotatable bonds is 3. The molecule has 1 aliphatic rings. The van der Waals surface area contributed by atoms with Crippen LogP contribution < -0.4 is 0 Å². The molecule has 3 unspecified atom stereocenters. The molecule has 1 saturated heterocycles. The van der Waals surface area contributed by atoms with E-state index in [1.54, 1.807) is 0 Å². The van der Waals surface area contributed by atoms with Gasteiger partial charge in [0.1, 0.15) is 0 Å². The third-order valence-corrected chi connectivity index (χ3v) is 4.15. The Morgan fingerprint density at radius 3 is 3.00 bits per heavy atom. The molecule has 3 atom stereocenters. The van der Waals surface area contributed by atoms with Crippen LogP contribution in [0.4, 0.5) is 0 Å². The second kappa shape index (κ2) is 6.15. The first-order chi connectivity index (χ1) is 8.58. The van der Waals surface area contributed by atoms with Crippen molar-refractivity contribution in [1.82, 2.24) is 4.90 Å². The lowest BCUT2D eigenvalue weighted by Crippen LogP contribution is -2.49. The molecule has 0 spiro atoms. The minimum absolute atomic E-state index is 0.230. The van der Waals surface area contributed by atoms with Gasteiger partial charge in [0, 0.05) is 23.6 Å². The average Bonchev–Trinajstić information content (AvgIpc) is 2.35. The Bertz CT molecular complexity index is 399. The number of hydrogen-bond acceptors (Lipinski definition) is 3. The van der Waals surface area contributed by atoms with E-state index in [0.29, 0.717) is 12.6 Å². The zero-order chi connectivity index (χ0) is 13.1. The second-order valence-electron chi connectivity index (χ2n) is 4.88. The van der Waals surface area contributed by atoms with Gasteiger partial charge in [0.2, 0.25) is 0 Å². The fraction of sp³-hybridized carbons (Fsp3) is 0.571. The monoisotopic (exact) mass is 313 g/mol. The molecule has 0 saturated carbocycles. The normalized spacial score (nSPS) is 27.1. The molecule has 18 heavy (non-hydrogen) atoms. The molecule has 1 N–H and O–H groups in total. The van der Waals surface area contributed by atoms with Crippen molar-refractivity contribution < 1.29 is 9.84 Å². The Morgan fingerprint density at radius 1 is 1.50 bits per heavy atom. The van der Waals surface area contributed by atoms with Crippen LogP contribution in [0, 0.1) is 0 Å². The van der Waals surface area contributed by atoms with Crippen LogP contribution in [-0.2, 0) is 4.74 Å². The largest absolute Gasteiger partial charge is 0.387 e. The molecule has 0 radical (unpaired) electrons. The first kappa shape index (κ1) is 14.0. The van der Waals surface area contributed by atoms with E-state index < -0.39 is 6.10 Å². The van der Waals surface area contributed by atoms with E-state index in [1.165, 1.54) is 0 Å². The van der Waals surface area contributed by atoms with Crippen molar-refractivity contribution in [2.75, 3.05) is 19.7 Å². The minimum Gasteiger partial charge on any atom is -0.387 e. The van der Waals surface area contributed by atoms with E-state index >= 15 is 0 Å². The van der Waals surface area contributed by atoms with Crippen LogP contribution in [0.15, 0.2) is 28.7 Å². The van der Waals surface area contributed by atoms with Gasteiger partial charge in [-0.3, -0.25) is 4.90 Å². The van der Waals surface area contributed by atoms with Crippen LogP contribution >= 0.6 is 15.9 Å². The summed E-state index contributed by atoms with van der Waals surface area (Å²) >= 11 is 3.43. The van der Waals surface area contributed by atoms with E-state index in [1.807, 2.05) is 24.3 Å². The molecular formula is C14H20BrNO2. The van der Waals surface area contributed by atoms with Gasteiger partial charge < -0.3 is 9.84 Å². The molecule has 0 aliphatic carbocycles. The molecule has 100 valence electrons. The van der Waals surface area contributed by atoms with E-state index in [-0.39, 0.29) is 6.10 Å². The molecule has 1 aromatic rings. The highest BCUT2D eigenvalue weighted by Crippen LogP contribution is 2.22. The van der Waals surface area contributed by atoms with Crippen molar-refractivity contribution in [2.24, 2.45) is 0 Å². The van der Waals surface area contributed by atoms with E-state index in [2.05, 4.69) is 34.7 Å². The Morgan fingerprint density at radius 2 is 2.28 bits per heavy atom. The van der Waals surface area contributed by atoms with Crippen LogP contribution in [0.1, 0.15) is 25.5 Å². The van der Waals surface area contributed by atoms with Crippen molar-refractivity contribution in [3.63, 3.8) is 0 Å². The molecule has 1 aliphatic heterocycles. The summed E-state index contributed by atoms with van der Waals surface area (Å²) in [7, 11) is 0. The fourth-order valence-corrected chi connectivity index (χ4v) is 2.71. The van der Waals surface area contributed by atoms with Crippen LogP contribution in [0.2, 0.25) is 0 Å². The van der Waals surface area contributed by atoms with Crippen LogP contribution in [-0.4, -0.2) is 41.8 Å². The number of hydrogen-bond donors (Lipinski definition) is 1. The lowest BCUT2D eigenvalue weighted by molar-refractivity contribution is -0.0673. The van der Waals surface area contributed by atoms with Gasteiger partial charge in [-0.05, 0) is 31.5 Å². The maximum absolute atomic E-state index is 10.3. The van der Waals surface area contributed by atoms with Crippen molar-refractivity contribution in [3.05, 3.63) is 34.3 Å². The molecular weight excluding hydrogens is 294 g/mol. The maximum Gasteiger partial charge on any atom is 0.0917 e. The quantitative estimate of drug-likeness (QED) is 0.931. The van der Waals surface area contributed by atoms with Crippen molar-refractivity contribution >= 4 is 15.9 Å². The number of ether oxygens (including phenoxy) is 1. The highest BCUT2D eigenvalue weighted by atomic mass is 79.9. The molecule has 1 aromatic carbocycles. The fourth-order valence-electron chi connectivity index (χ4n) is 2.29. The molecule has 1 heterocycles. The summed E-state index contributed by atoms with van der Waals surface area (Å²) in [6.07, 6.45) is -0.219. The third-order valence-electron chi connectivity index (χ3n) is 3.66. The maximum atomic E-state index is 10.3.